The first-order chi connectivity index (χ1) is 8.08. The first-order valence-corrected chi connectivity index (χ1v) is 6.57. The summed E-state index contributed by atoms with van der Waals surface area (Å²) < 4.78 is 13.6. The van der Waals surface area contributed by atoms with Crippen molar-refractivity contribution >= 4 is 22.9 Å². The van der Waals surface area contributed by atoms with Gasteiger partial charge in [-0.3, -0.25) is 0 Å². The molecule has 0 aliphatic rings. The molecule has 90 valence electrons. The number of hydrogen-bond acceptors (Lipinski definition) is 2. The predicted molar refractivity (Wildman–Crippen MR) is 71.1 cm³/mol. The molecule has 1 atom stereocenters. The van der Waals surface area contributed by atoms with Crippen LogP contribution in [0.15, 0.2) is 29.6 Å². The van der Waals surface area contributed by atoms with Crippen molar-refractivity contribution in [1.29, 1.82) is 0 Å². The molecule has 2 N–H and O–H groups in total. The Labute approximate surface area is 109 Å². The molecule has 2 rings (SSSR count). The lowest BCUT2D eigenvalue weighted by atomic mass is 10.0. The highest BCUT2D eigenvalue weighted by Crippen LogP contribution is 2.28. The van der Waals surface area contributed by atoms with Crippen LogP contribution in [0.4, 0.5) is 4.39 Å². The maximum atomic E-state index is 13.6. The highest BCUT2D eigenvalue weighted by atomic mass is 35.5. The fourth-order valence-electron chi connectivity index (χ4n) is 1.73. The van der Waals surface area contributed by atoms with Crippen molar-refractivity contribution in [3.05, 3.63) is 56.5 Å². The average Bonchev–Trinajstić information content (AvgIpc) is 2.68. The highest BCUT2D eigenvalue weighted by Gasteiger charge is 2.14. The van der Waals surface area contributed by atoms with Gasteiger partial charge in [0.25, 0.3) is 0 Å². The molecular weight excluding hydrogens is 257 g/mol. The zero-order chi connectivity index (χ0) is 12.4. The number of rotatable bonds is 3. The summed E-state index contributed by atoms with van der Waals surface area (Å²) in [5.74, 6) is -0.254. The molecule has 1 nitrogen and oxygen atoms in total. The minimum atomic E-state index is -0.356. The van der Waals surface area contributed by atoms with E-state index in [2.05, 4.69) is 0 Å². The third-order valence-electron chi connectivity index (χ3n) is 2.65. The van der Waals surface area contributed by atoms with Gasteiger partial charge in [0, 0.05) is 22.9 Å². The summed E-state index contributed by atoms with van der Waals surface area (Å²) in [5, 5.41) is 2.62. The maximum absolute atomic E-state index is 13.6. The number of benzene rings is 1. The van der Waals surface area contributed by atoms with Gasteiger partial charge in [0.05, 0.1) is 5.02 Å². The summed E-state index contributed by atoms with van der Waals surface area (Å²) in [7, 11) is 0. The molecule has 17 heavy (non-hydrogen) atoms. The lowest BCUT2D eigenvalue weighted by Crippen LogP contribution is -2.14. The SMILES string of the molecule is Cc1ccc(F)c(C(N)Cc2sccc2Cl)c1. The Balaban J connectivity index is 2.23. The molecule has 2 aromatic rings. The van der Waals surface area contributed by atoms with Crippen LogP contribution in [0.2, 0.25) is 5.02 Å². The van der Waals surface area contributed by atoms with Crippen LogP contribution in [-0.2, 0) is 6.42 Å². The van der Waals surface area contributed by atoms with E-state index in [1.807, 2.05) is 18.4 Å². The van der Waals surface area contributed by atoms with E-state index >= 15 is 0 Å². The number of halogens is 2. The van der Waals surface area contributed by atoms with E-state index in [0.29, 0.717) is 17.0 Å². The molecule has 1 aromatic heterocycles. The van der Waals surface area contributed by atoms with Crippen LogP contribution in [0.25, 0.3) is 0 Å². The van der Waals surface area contributed by atoms with Gasteiger partial charge in [0.2, 0.25) is 0 Å². The van der Waals surface area contributed by atoms with Crippen molar-refractivity contribution in [3.63, 3.8) is 0 Å². The molecule has 0 bridgehead atoms. The zero-order valence-electron chi connectivity index (χ0n) is 9.41. The molecule has 0 saturated heterocycles. The minimum Gasteiger partial charge on any atom is -0.324 e. The van der Waals surface area contributed by atoms with E-state index in [1.165, 1.54) is 6.07 Å². The van der Waals surface area contributed by atoms with Gasteiger partial charge in [-0.15, -0.1) is 11.3 Å². The Kier molecular flexibility index (Phi) is 3.82. The monoisotopic (exact) mass is 269 g/mol. The van der Waals surface area contributed by atoms with E-state index in [-0.39, 0.29) is 11.9 Å². The van der Waals surface area contributed by atoms with E-state index in [9.17, 15) is 4.39 Å². The molecule has 1 heterocycles. The highest BCUT2D eigenvalue weighted by molar-refractivity contribution is 7.10. The Hall–Kier alpha value is -0.900. The van der Waals surface area contributed by atoms with Gasteiger partial charge in [0.1, 0.15) is 5.82 Å². The van der Waals surface area contributed by atoms with E-state index in [4.69, 9.17) is 17.3 Å². The number of nitrogens with two attached hydrogens (primary N) is 1. The van der Waals surface area contributed by atoms with Crippen molar-refractivity contribution in [2.45, 2.75) is 19.4 Å². The molecule has 0 fully saturated rings. The Bertz CT molecular complexity index is 524. The van der Waals surface area contributed by atoms with Gasteiger partial charge in [-0.25, -0.2) is 4.39 Å². The van der Waals surface area contributed by atoms with Crippen LogP contribution in [-0.4, -0.2) is 0 Å². The summed E-state index contributed by atoms with van der Waals surface area (Å²) in [6.07, 6.45) is 0.566. The standard InChI is InChI=1S/C13H13ClFNS/c1-8-2-3-11(15)9(6-8)12(16)7-13-10(14)4-5-17-13/h2-6,12H,7,16H2,1H3. The van der Waals surface area contributed by atoms with Gasteiger partial charge < -0.3 is 5.73 Å². The fraction of sp³-hybridized carbons (Fsp3) is 0.231. The fourth-order valence-corrected chi connectivity index (χ4v) is 2.90. The molecule has 4 heteroatoms. The molecule has 0 radical (unpaired) electrons. The summed E-state index contributed by atoms with van der Waals surface area (Å²) >= 11 is 7.55. The van der Waals surface area contributed by atoms with Crippen LogP contribution >= 0.6 is 22.9 Å². The Morgan fingerprint density at radius 3 is 2.82 bits per heavy atom. The van der Waals surface area contributed by atoms with Gasteiger partial charge in [-0.1, -0.05) is 29.3 Å². The van der Waals surface area contributed by atoms with Crippen LogP contribution in [0.1, 0.15) is 22.0 Å². The Morgan fingerprint density at radius 1 is 1.41 bits per heavy atom. The molecule has 1 aromatic carbocycles. The van der Waals surface area contributed by atoms with Gasteiger partial charge in [-0.2, -0.15) is 0 Å². The normalized spacial score (nSPS) is 12.7. The summed E-state index contributed by atoms with van der Waals surface area (Å²) in [4.78, 5) is 1.00. The van der Waals surface area contributed by atoms with Crippen LogP contribution in [0.3, 0.4) is 0 Å². The number of aryl methyl sites for hydroxylation is 1. The lowest BCUT2D eigenvalue weighted by molar-refractivity contribution is 0.581. The number of thiophene rings is 1. The van der Waals surface area contributed by atoms with Gasteiger partial charge in [-0.05, 0) is 24.4 Å². The molecular formula is C13H13ClFNS. The summed E-state index contributed by atoms with van der Waals surface area (Å²) in [6, 6.07) is 6.47. The van der Waals surface area contributed by atoms with E-state index in [0.717, 1.165) is 10.4 Å². The topological polar surface area (TPSA) is 26.0 Å². The van der Waals surface area contributed by atoms with Crippen molar-refractivity contribution in [2.24, 2.45) is 5.73 Å². The first kappa shape index (κ1) is 12.6. The molecule has 0 saturated carbocycles. The van der Waals surface area contributed by atoms with Crippen molar-refractivity contribution < 1.29 is 4.39 Å². The van der Waals surface area contributed by atoms with E-state index in [1.54, 1.807) is 23.5 Å². The molecule has 0 aliphatic heterocycles. The van der Waals surface area contributed by atoms with Crippen LogP contribution in [0.5, 0.6) is 0 Å². The molecule has 1 unspecified atom stereocenters. The van der Waals surface area contributed by atoms with Gasteiger partial charge in [0.15, 0.2) is 0 Å². The third-order valence-corrected chi connectivity index (χ3v) is 4.06. The molecule has 0 amide bonds. The second-order valence-electron chi connectivity index (χ2n) is 4.03. The quantitative estimate of drug-likeness (QED) is 0.892. The lowest BCUT2D eigenvalue weighted by Gasteiger charge is -2.13. The summed E-state index contributed by atoms with van der Waals surface area (Å²) in [6.45, 7) is 1.92. The number of hydrogen-bond donors (Lipinski definition) is 1. The van der Waals surface area contributed by atoms with Crippen molar-refractivity contribution in [2.75, 3.05) is 0 Å². The molecule has 0 spiro atoms. The second kappa shape index (κ2) is 5.17. The average molecular weight is 270 g/mol. The summed E-state index contributed by atoms with van der Waals surface area (Å²) in [5.41, 5.74) is 7.59. The minimum absolute atomic E-state index is 0.254. The van der Waals surface area contributed by atoms with Gasteiger partial charge >= 0.3 is 0 Å². The van der Waals surface area contributed by atoms with Crippen molar-refractivity contribution in [1.82, 2.24) is 0 Å². The Morgan fingerprint density at radius 2 is 2.18 bits per heavy atom. The predicted octanol–water partition coefficient (Wildman–Crippen LogP) is 4.09. The van der Waals surface area contributed by atoms with Crippen LogP contribution in [0, 0.1) is 12.7 Å². The zero-order valence-corrected chi connectivity index (χ0v) is 11.0. The van der Waals surface area contributed by atoms with Crippen LogP contribution < -0.4 is 5.73 Å². The smallest absolute Gasteiger partial charge is 0.128 e. The third kappa shape index (κ3) is 2.86. The van der Waals surface area contributed by atoms with Crippen molar-refractivity contribution in [3.8, 4) is 0 Å². The maximum Gasteiger partial charge on any atom is 0.128 e. The largest absolute Gasteiger partial charge is 0.324 e. The first-order valence-electron chi connectivity index (χ1n) is 5.31. The second-order valence-corrected chi connectivity index (χ2v) is 5.44. The molecule has 0 aliphatic carbocycles. The van der Waals surface area contributed by atoms with E-state index < -0.39 is 0 Å².